The Labute approximate surface area is 197 Å². The largest absolute Gasteiger partial charge is 0.378 e. The highest BCUT2D eigenvalue weighted by Gasteiger charge is 2.14. The van der Waals surface area contributed by atoms with Crippen molar-refractivity contribution in [3.05, 3.63) is 29.8 Å². The van der Waals surface area contributed by atoms with Gasteiger partial charge in [-0.05, 0) is 26.1 Å². The summed E-state index contributed by atoms with van der Waals surface area (Å²) in [5.41, 5.74) is 0.981. The van der Waals surface area contributed by atoms with Gasteiger partial charge in [-0.25, -0.2) is 0 Å². The molecule has 0 atom stereocenters. The molecule has 0 radical (unpaired) electrons. The maximum atomic E-state index is 12.0. The van der Waals surface area contributed by atoms with Crippen LogP contribution in [0.3, 0.4) is 0 Å². The molecular formula is C22H39NO9S. The summed E-state index contributed by atoms with van der Waals surface area (Å²) in [6.45, 7) is 8.33. The Morgan fingerprint density at radius 2 is 0.970 bits per heavy atom. The van der Waals surface area contributed by atoms with Crippen molar-refractivity contribution in [1.29, 1.82) is 0 Å². The van der Waals surface area contributed by atoms with Gasteiger partial charge in [0, 0.05) is 6.54 Å². The molecule has 1 aromatic carbocycles. The van der Waals surface area contributed by atoms with Crippen molar-refractivity contribution in [3.8, 4) is 0 Å². The zero-order chi connectivity index (χ0) is 24.0. The number of benzene rings is 1. The molecule has 0 aliphatic rings. The van der Waals surface area contributed by atoms with Gasteiger partial charge in [-0.2, -0.15) is 8.42 Å². The lowest BCUT2D eigenvalue weighted by molar-refractivity contribution is -0.0175. The summed E-state index contributed by atoms with van der Waals surface area (Å²) in [5.74, 6) is 0. The summed E-state index contributed by atoms with van der Waals surface area (Å²) < 4.78 is 61.2. The van der Waals surface area contributed by atoms with Crippen LogP contribution in [0.15, 0.2) is 29.2 Å². The first kappa shape index (κ1) is 29.9. The molecule has 0 saturated carbocycles. The van der Waals surface area contributed by atoms with Crippen LogP contribution < -0.4 is 5.32 Å². The molecule has 0 unspecified atom stereocenters. The van der Waals surface area contributed by atoms with Crippen molar-refractivity contribution < 1.29 is 41.0 Å². The van der Waals surface area contributed by atoms with Crippen LogP contribution in [0, 0.1) is 6.92 Å². The summed E-state index contributed by atoms with van der Waals surface area (Å²) in [4.78, 5) is 0.136. The Bertz CT molecular complexity index is 671. The summed E-state index contributed by atoms with van der Waals surface area (Å²) >= 11 is 0. The molecule has 11 heteroatoms. The Morgan fingerprint density at radius 3 is 1.36 bits per heavy atom. The van der Waals surface area contributed by atoms with Gasteiger partial charge in [-0.15, -0.1) is 0 Å². The van der Waals surface area contributed by atoms with E-state index in [1.807, 2.05) is 14.0 Å². The van der Waals surface area contributed by atoms with Gasteiger partial charge in [0.2, 0.25) is 0 Å². The van der Waals surface area contributed by atoms with Gasteiger partial charge in [0.15, 0.2) is 0 Å². The second kappa shape index (κ2) is 20.2. The predicted molar refractivity (Wildman–Crippen MR) is 123 cm³/mol. The molecule has 192 valence electrons. The van der Waals surface area contributed by atoms with Gasteiger partial charge in [-0.1, -0.05) is 17.7 Å². The van der Waals surface area contributed by atoms with E-state index in [9.17, 15) is 8.42 Å². The quantitative estimate of drug-likeness (QED) is 0.175. The van der Waals surface area contributed by atoms with Gasteiger partial charge in [-0.3, -0.25) is 4.18 Å². The fourth-order valence-corrected chi connectivity index (χ4v) is 3.24. The molecule has 0 aromatic heterocycles. The third-order valence-corrected chi connectivity index (χ3v) is 5.46. The SMILES string of the molecule is CNCCOCCOCCOCCOCCOCCOCCOS(=O)(=O)c1ccc(C)cc1. The summed E-state index contributed by atoms with van der Waals surface area (Å²) in [6, 6.07) is 6.49. The monoisotopic (exact) mass is 493 g/mol. The van der Waals surface area contributed by atoms with Crippen molar-refractivity contribution in [1.82, 2.24) is 5.32 Å². The van der Waals surface area contributed by atoms with E-state index in [4.69, 9.17) is 32.6 Å². The zero-order valence-corrected chi connectivity index (χ0v) is 20.6. The van der Waals surface area contributed by atoms with Crippen molar-refractivity contribution in [3.63, 3.8) is 0 Å². The maximum Gasteiger partial charge on any atom is 0.297 e. The average Bonchev–Trinajstić information content (AvgIpc) is 2.80. The van der Waals surface area contributed by atoms with E-state index in [2.05, 4.69) is 5.32 Å². The van der Waals surface area contributed by atoms with E-state index < -0.39 is 10.1 Å². The molecule has 0 bridgehead atoms. The van der Waals surface area contributed by atoms with E-state index in [1.54, 1.807) is 12.1 Å². The third-order valence-electron chi connectivity index (χ3n) is 4.13. The zero-order valence-electron chi connectivity index (χ0n) is 19.8. The van der Waals surface area contributed by atoms with E-state index in [0.29, 0.717) is 72.7 Å². The smallest absolute Gasteiger partial charge is 0.297 e. The Balaban J connectivity index is 1.79. The minimum atomic E-state index is -3.75. The Morgan fingerprint density at radius 1 is 0.606 bits per heavy atom. The van der Waals surface area contributed by atoms with Crippen LogP contribution in [0.1, 0.15) is 5.56 Å². The van der Waals surface area contributed by atoms with Crippen molar-refractivity contribution in [2.24, 2.45) is 0 Å². The van der Waals surface area contributed by atoms with Crippen LogP contribution >= 0.6 is 0 Å². The third kappa shape index (κ3) is 17.0. The average molecular weight is 494 g/mol. The van der Waals surface area contributed by atoms with Crippen LogP contribution in [0.25, 0.3) is 0 Å². The lowest BCUT2D eigenvalue weighted by atomic mass is 10.2. The van der Waals surface area contributed by atoms with Crippen molar-refractivity contribution in [2.75, 3.05) is 99.5 Å². The summed E-state index contributed by atoms with van der Waals surface area (Å²) in [6.07, 6.45) is 0. The van der Waals surface area contributed by atoms with Crippen LogP contribution in [-0.4, -0.2) is 108 Å². The minimum absolute atomic E-state index is 0.0468. The van der Waals surface area contributed by atoms with E-state index in [-0.39, 0.29) is 18.1 Å². The van der Waals surface area contributed by atoms with Crippen LogP contribution in [0.5, 0.6) is 0 Å². The first-order valence-corrected chi connectivity index (χ1v) is 12.5. The summed E-state index contributed by atoms with van der Waals surface area (Å²) in [7, 11) is -1.87. The molecule has 0 heterocycles. The standard InChI is InChI=1S/C22H39NO9S/c1-21-3-5-22(6-4-21)33(24,25)32-20-19-31-18-17-30-16-15-29-14-13-28-12-11-27-10-9-26-8-7-23-2/h3-6,23H,7-20H2,1-2H3. The normalized spacial score (nSPS) is 11.8. The van der Waals surface area contributed by atoms with Crippen molar-refractivity contribution in [2.45, 2.75) is 11.8 Å². The number of hydrogen-bond acceptors (Lipinski definition) is 10. The predicted octanol–water partition coefficient (Wildman–Crippen LogP) is 1.02. The number of hydrogen-bond donors (Lipinski definition) is 1. The van der Waals surface area contributed by atoms with Gasteiger partial charge < -0.3 is 33.7 Å². The molecule has 10 nitrogen and oxygen atoms in total. The van der Waals surface area contributed by atoms with Crippen LogP contribution in [0.2, 0.25) is 0 Å². The van der Waals surface area contributed by atoms with Crippen LogP contribution in [-0.2, 0) is 42.7 Å². The topological polar surface area (TPSA) is 111 Å². The van der Waals surface area contributed by atoms with Gasteiger partial charge in [0.25, 0.3) is 10.1 Å². The molecule has 0 amide bonds. The first-order chi connectivity index (χ1) is 16.1. The number of ether oxygens (including phenoxy) is 6. The number of nitrogens with one attached hydrogen (secondary N) is 1. The van der Waals surface area contributed by atoms with E-state index in [0.717, 1.165) is 12.1 Å². The number of likely N-dealkylation sites (N-methyl/N-ethyl adjacent to an activating group) is 1. The fraction of sp³-hybridized carbons (Fsp3) is 0.727. The lowest BCUT2D eigenvalue weighted by Gasteiger charge is -2.08. The maximum absolute atomic E-state index is 12.0. The van der Waals surface area contributed by atoms with E-state index in [1.165, 1.54) is 12.1 Å². The summed E-state index contributed by atoms with van der Waals surface area (Å²) in [5, 5.41) is 3.00. The molecule has 1 rings (SSSR count). The minimum Gasteiger partial charge on any atom is -0.378 e. The second-order valence-electron chi connectivity index (χ2n) is 6.87. The molecule has 0 aliphatic heterocycles. The van der Waals surface area contributed by atoms with Gasteiger partial charge in [0.1, 0.15) is 0 Å². The van der Waals surface area contributed by atoms with Gasteiger partial charge >= 0.3 is 0 Å². The molecule has 0 spiro atoms. The van der Waals surface area contributed by atoms with E-state index >= 15 is 0 Å². The fourth-order valence-electron chi connectivity index (χ4n) is 2.35. The Kier molecular flexibility index (Phi) is 18.3. The number of aryl methyl sites for hydroxylation is 1. The van der Waals surface area contributed by atoms with Gasteiger partial charge in [0.05, 0.1) is 90.8 Å². The second-order valence-corrected chi connectivity index (χ2v) is 8.48. The molecule has 0 aliphatic carbocycles. The van der Waals surface area contributed by atoms with Crippen LogP contribution in [0.4, 0.5) is 0 Å². The number of rotatable bonds is 23. The molecule has 0 saturated heterocycles. The highest BCUT2D eigenvalue weighted by Crippen LogP contribution is 2.12. The van der Waals surface area contributed by atoms with Crippen molar-refractivity contribution >= 4 is 10.1 Å². The molecule has 1 N–H and O–H groups in total. The highest BCUT2D eigenvalue weighted by molar-refractivity contribution is 7.86. The molecule has 1 aromatic rings. The molecule has 33 heavy (non-hydrogen) atoms. The molecular weight excluding hydrogens is 454 g/mol. The Hall–Kier alpha value is -1.15. The first-order valence-electron chi connectivity index (χ1n) is 11.1. The lowest BCUT2D eigenvalue weighted by Crippen LogP contribution is -2.17. The molecule has 0 fully saturated rings. The highest BCUT2D eigenvalue weighted by atomic mass is 32.2.